The number of anilines is 1. The fraction of sp³-hybridized carbons (Fsp3) is 0.571. The first-order chi connectivity index (χ1) is 8.94. The molecule has 1 heterocycles. The quantitative estimate of drug-likeness (QED) is 0.848. The minimum Gasteiger partial charge on any atom is -0.398 e. The van der Waals surface area contributed by atoms with Crippen LogP contribution in [0, 0.1) is 6.92 Å². The summed E-state index contributed by atoms with van der Waals surface area (Å²) in [6.45, 7) is 4.37. The second kappa shape index (κ2) is 5.51. The van der Waals surface area contributed by atoms with E-state index in [2.05, 4.69) is 0 Å². The molecule has 1 saturated heterocycles. The van der Waals surface area contributed by atoms with Crippen molar-refractivity contribution in [2.75, 3.05) is 12.3 Å². The summed E-state index contributed by atoms with van der Waals surface area (Å²) in [7, 11) is -3.43. The summed E-state index contributed by atoms with van der Waals surface area (Å²) in [5, 5.41) is 0. The Morgan fingerprint density at radius 3 is 2.74 bits per heavy atom. The lowest BCUT2D eigenvalue weighted by molar-refractivity contribution is 0.342. The first-order valence-electron chi connectivity index (χ1n) is 6.81. The third kappa shape index (κ3) is 2.77. The van der Waals surface area contributed by atoms with Crippen molar-refractivity contribution in [3.63, 3.8) is 0 Å². The third-order valence-corrected chi connectivity index (χ3v) is 6.06. The van der Waals surface area contributed by atoms with E-state index in [0.29, 0.717) is 22.7 Å². The third-order valence-electron chi connectivity index (χ3n) is 3.90. The maximum Gasteiger partial charge on any atom is 0.243 e. The molecule has 1 aliphatic rings. The van der Waals surface area contributed by atoms with Crippen LogP contribution in [0.3, 0.4) is 0 Å². The molecule has 0 amide bonds. The second-order valence-corrected chi connectivity index (χ2v) is 7.14. The zero-order valence-corrected chi connectivity index (χ0v) is 12.4. The van der Waals surface area contributed by atoms with Crippen molar-refractivity contribution >= 4 is 15.7 Å². The summed E-state index contributed by atoms with van der Waals surface area (Å²) in [6, 6.07) is 5.16. The highest BCUT2D eigenvalue weighted by atomic mass is 32.2. The number of nitrogens with two attached hydrogens (primary N) is 1. The van der Waals surface area contributed by atoms with Gasteiger partial charge in [-0.25, -0.2) is 8.42 Å². The van der Waals surface area contributed by atoms with Crippen LogP contribution in [-0.4, -0.2) is 25.3 Å². The molecule has 106 valence electrons. The molecule has 0 spiro atoms. The molecular formula is C14H22N2O2S. The highest BCUT2D eigenvalue weighted by Crippen LogP contribution is 2.28. The molecule has 1 atom stereocenters. The molecule has 19 heavy (non-hydrogen) atoms. The van der Waals surface area contributed by atoms with Gasteiger partial charge in [-0.05, 0) is 44.4 Å². The summed E-state index contributed by atoms with van der Waals surface area (Å²) < 4.78 is 27.2. The van der Waals surface area contributed by atoms with Crippen molar-refractivity contribution in [3.8, 4) is 0 Å². The smallest absolute Gasteiger partial charge is 0.243 e. The lowest BCUT2D eigenvalue weighted by Gasteiger charge is -2.27. The van der Waals surface area contributed by atoms with E-state index >= 15 is 0 Å². The van der Waals surface area contributed by atoms with Crippen LogP contribution in [0.15, 0.2) is 23.1 Å². The summed E-state index contributed by atoms with van der Waals surface area (Å²) in [5.41, 5.74) is 7.01. The number of hydrogen-bond acceptors (Lipinski definition) is 3. The Morgan fingerprint density at radius 2 is 2.00 bits per heavy atom. The van der Waals surface area contributed by atoms with Crippen LogP contribution >= 0.6 is 0 Å². The summed E-state index contributed by atoms with van der Waals surface area (Å²) in [5.74, 6) is 0. The SMILES string of the molecule is Cc1c(N)cccc1S(=O)(=O)N1CCCCCC1C. The van der Waals surface area contributed by atoms with Gasteiger partial charge in [-0.2, -0.15) is 4.31 Å². The van der Waals surface area contributed by atoms with Crippen molar-refractivity contribution in [1.29, 1.82) is 0 Å². The Balaban J connectivity index is 2.43. The molecule has 1 aromatic carbocycles. The summed E-state index contributed by atoms with van der Waals surface area (Å²) in [6.07, 6.45) is 4.07. The lowest BCUT2D eigenvalue weighted by atomic mass is 10.1. The Labute approximate surface area is 115 Å². The Kier molecular flexibility index (Phi) is 4.16. The van der Waals surface area contributed by atoms with Crippen molar-refractivity contribution < 1.29 is 8.42 Å². The van der Waals surface area contributed by atoms with Crippen LogP contribution in [0.5, 0.6) is 0 Å². The summed E-state index contributed by atoms with van der Waals surface area (Å²) >= 11 is 0. The van der Waals surface area contributed by atoms with Gasteiger partial charge in [-0.3, -0.25) is 0 Å². The average molecular weight is 282 g/mol. The molecule has 0 bridgehead atoms. The van der Waals surface area contributed by atoms with Crippen LogP contribution in [-0.2, 0) is 10.0 Å². The largest absolute Gasteiger partial charge is 0.398 e. The second-order valence-electron chi connectivity index (χ2n) is 5.28. The van der Waals surface area contributed by atoms with Gasteiger partial charge in [0.2, 0.25) is 10.0 Å². The highest BCUT2D eigenvalue weighted by molar-refractivity contribution is 7.89. The fourth-order valence-corrected chi connectivity index (χ4v) is 4.60. The lowest BCUT2D eigenvalue weighted by Crippen LogP contribution is -2.38. The minimum absolute atomic E-state index is 0.0633. The highest BCUT2D eigenvalue weighted by Gasteiger charge is 2.31. The maximum absolute atomic E-state index is 12.8. The zero-order chi connectivity index (χ0) is 14.0. The molecule has 0 saturated carbocycles. The van der Waals surface area contributed by atoms with Crippen LogP contribution < -0.4 is 5.73 Å². The van der Waals surface area contributed by atoms with Gasteiger partial charge < -0.3 is 5.73 Å². The van der Waals surface area contributed by atoms with Crippen molar-refractivity contribution in [2.24, 2.45) is 0 Å². The standard InChI is InChI=1S/C14H22N2O2S/c1-11-7-4-3-5-10-16(11)19(17,18)14-9-6-8-13(15)12(14)2/h6,8-9,11H,3-5,7,10,15H2,1-2H3. The molecule has 0 radical (unpaired) electrons. The Hall–Kier alpha value is -1.07. The Bertz CT molecular complexity index is 555. The van der Waals surface area contributed by atoms with Gasteiger partial charge >= 0.3 is 0 Å². The van der Waals surface area contributed by atoms with Crippen LogP contribution in [0.1, 0.15) is 38.2 Å². The molecule has 0 aliphatic carbocycles. The van der Waals surface area contributed by atoms with Crippen molar-refractivity contribution in [1.82, 2.24) is 4.31 Å². The van der Waals surface area contributed by atoms with Gasteiger partial charge in [0.05, 0.1) is 4.90 Å². The number of hydrogen-bond donors (Lipinski definition) is 1. The van der Waals surface area contributed by atoms with E-state index < -0.39 is 10.0 Å². The number of benzene rings is 1. The predicted molar refractivity (Wildman–Crippen MR) is 77.4 cm³/mol. The van der Waals surface area contributed by atoms with E-state index in [1.54, 1.807) is 29.4 Å². The van der Waals surface area contributed by atoms with Crippen molar-refractivity contribution in [3.05, 3.63) is 23.8 Å². The van der Waals surface area contributed by atoms with E-state index in [0.717, 1.165) is 25.7 Å². The van der Waals surface area contributed by atoms with Gasteiger partial charge in [0, 0.05) is 18.3 Å². The summed E-state index contributed by atoms with van der Waals surface area (Å²) in [4.78, 5) is 0.348. The first-order valence-corrected chi connectivity index (χ1v) is 8.25. The number of sulfonamides is 1. The molecule has 1 fully saturated rings. The first kappa shape index (κ1) is 14.3. The van der Waals surface area contributed by atoms with Gasteiger partial charge in [0.15, 0.2) is 0 Å². The fourth-order valence-electron chi connectivity index (χ4n) is 2.64. The van der Waals surface area contributed by atoms with Crippen LogP contribution in [0.4, 0.5) is 5.69 Å². The molecule has 1 aliphatic heterocycles. The zero-order valence-electron chi connectivity index (χ0n) is 11.6. The minimum atomic E-state index is -3.43. The van der Waals surface area contributed by atoms with Gasteiger partial charge in [-0.15, -0.1) is 0 Å². The van der Waals surface area contributed by atoms with E-state index in [-0.39, 0.29) is 6.04 Å². The maximum atomic E-state index is 12.8. The molecule has 1 aromatic rings. The number of nitrogen functional groups attached to an aromatic ring is 1. The van der Waals surface area contributed by atoms with E-state index in [1.807, 2.05) is 6.92 Å². The molecule has 4 nitrogen and oxygen atoms in total. The van der Waals surface area contributed by atoms with Crippen LogP contribution in [0.2, 0.25) is 0 Å². The molecule has 1 unspecified atom stereocenters. The predicted octanol–water partition coefficient (Wildman–Crippen LogP) is 2.53. The topological polar surface area (TPSA) is 63.4 Å². The molecule has 2 N–H and O–H groups in total. The van der Waals surface area contributed by atoms with Crippen molar-refractivity contribution in [2.45, 2.75) is 50.5 Å². The van der Waals surface area contributed by atoms with Gasteiger partial charge in [0.1, 0.15) is 0 Å². The number of rotatable bonds is 2. The number of nitrogens with zero attached hydrogens (tertiary/aromatic N) is 1. The van der Waals surface area contributed by atoms with Crippen LogP contribution in [0.25, 0.3) is 0 Å². The van der Waals surface area contributed by atoms with E-state index in [1.165, 1.54) is 0 Å². The Morgan fingerprint density at radius 1 is 1.26 bits per heavy atom. The van der Waals surface area contributed by atoms with E-state index in [4.69, 9.17) is 5.73 Å². The van der Waals surface area contributed by atoms with E-state index in [9.17, 15) is 8.42 Å². The van der Waals surface area contributed by atoms with Gasteiger partial charge in [-0.1, -0.05) is 18.9 Å². The van der Waals surface area contributed by atoms with Gasteiger partial charge in [0.25, 0.3) is 0 Å². The molecular weight excluding hydrogens is 260 g/mol. The molecule has 5 heteroatoms. The monoisotopic (exact) mass is 282 g/mol. The molecule has 2 rings (SSSR count). The average Bonchev–Trinajstić information content (AvgIpc) is 2.57. The molecule has 0 aromatic heterocycles. The normalized spacial score (nSPS) is 22.1.